The zero-order valence-electron chi connectivity index (χ0n) is 12.7. The zero-order chi connectivity index (χ0) is 16.4. The number of anilines is 1. The molecule has 3 aromatic heterocycles. The minimum absolute atomic E-state index is 0.159. The molecule has 0 aliphatic heterocycles. The minimum atomic E-state index is -0.159. The molecule has 0 unspecified atom stereocenters. The Kier molecular flexibility index (Phi) is 4.12. The van der Waals surface area contributed by atoms with Gasteiger partial charge in [-0.2, -0.15) is 10.2 Å². The average Bonchev–Trinajstić information content (AvgIpc) is 3.06. The van der Waals surface area contributed by atoms with Crippen molar-refractivity contribution in [3.63, 3.8) is 0 Å². The Hall–Kier alpha value is -2.67. The van der Waals surface area contributed by atoms with Gasteiger partial charge in [0.1, 0.15) is 6.54 Å². The van der Waals surface area contributed by atoms with Crippen molar-refractivity contribution >= 4 is 23.2 Å². The van der Waals surface area contributed by atoms with Crippen molar-refractivity contribution in [2.24, 2.45) is 0 Å². The molecular weight excluding hydrogens is 316 g/mol. The van der Waals surface area contributed by atoms with Gasteiger partial charge < -0.3 is 5.32 Å². The van der Waals surface area contributed by atoms with Crippen molar-refractivity contribution < 1.29 is 4.79 Å². The first-order chi connectivity index (χ1) is 11.0. The van der Waals surface area contributed by atoms with E-state index in [-0.39, 0.29) is 12.5 Å². The van der Waals surface area contributed by atoms with Crippen LogP contribution in [0.3, 0.4) is 0 Å². The highest BCUT2D eigenvalue weighted by molar-refractivity contribution is 6.30. The van der Waals surface area contributed by atoms with Gasteiger partial charge in [0.2, 0.25) is 5.91 Å². The lowest BCUT2D eigenvalue weighted by molar-refractivity contribution is -0.116. The summed E-state index contributed by atoms with van der Waals surface area (Å²) in [4.78, 5) is 16.3. The molecule has 0 spiro atoms. The number of pyridine rings is 1. The normalized spacial score (nSPS) is 10.7. The summed E-state index contributed by atoms with van der Waals surface area (Å²) in [5.74, 6) is 0.460. The molecule has 0 aliphatic carbocycles. The summed E-state index contributed by atoms with van der Waals surface area (Å²) >= 11 is 5.83. The number of nitrogens with zero attached hydrogens (tertiary/aromatic N) is 5. The molecule has 0 radical (unpaired) electrons. The van der Waals surface area contributed by atoms with Crippen molar-refractivity contribution in [1.29, 1.82) is 0 Å². The third-order valence-electron chi connectivity index (χ3n) is 3.21. The van der Waals surface area contributed by atoms with Gasteiger partial charge >= 0.3 is 0 Å². The third-order valence-corrected chi connectivity index (χ3v) is 3.41. The zero-order valence-corrected chi connectivity index (χ0v) is 13.4. The van der Waals surface area contributed by atoms with Gasteiger partial charge in [-0.05, 0) is 32.0 Å². The molecule has 118 valence electrons. The summed E-state index contributed by atoms with van der Waals surface area (Å²) in [6.45, 7) is 3.97. The molecule has 0 saturated carbocycles. The molecular formula is C15H15ClN6O. The maximum Gasteiger partial charge on any atom is 0.246 e. The van der Waals surface area contributed by atoms with Gasteiger partial charge in [-0.15, -0.1) is 0 Å². The number of hydrogen-bond acceptors (Lipinski definition) is 4. The third kappa shape index (κ3) is 3.57. The van der Waals surface area contributed by atoms with E-state index in [4.69, 9.17) is 11.6 Å². The van der Waals surface area contributed by atoms with E-state index in [1.807, 2.05) is 19.9 Å². The van der Waals surface area contributed by atoms with E-state index in [0.29, 0.717) is 16.5 Å². The van der Waals surface area contributed by atoms with E-state index in [1.54, 1.807) is 33.9 Å². The fourth-order valence-electron chi connectivity index (χ4n) is 2.19. The molecule has 0 atom stereocenters. The summed E-state index contributed by atoms with van der Waals surface area (Å²) in [6, 6.07) is 5.44. The number of carbonyl (C=O) groups excluding carboxylic acids is 1. The van der Waals surface area contributed by atoms with Gasteiger partial charge in [0.05, 0.1) is 35.0 Å². The molecule has 0 aromatic carbocycles. The highest BCUT2D eigenvalue weighted by Crippen LogP contribution is 2.12. The van der Waals surface area contributed by atoms with Crippen LogP contribution in [-0.4, -0.2) is 30.5 Å². The summed E-state index contributed by atoms with van der Waals surface area (Å²) in [5, 5.41) is 11.7. The number of halogens is 1. The monoisotopic (exact) mass is 330 g/mol. The van der Waals surface area contributed by atoms with Crippen molar-refractivity contribution in [2.75, 3.05) is 5.32 Å². The Bertz CT molecular complexity index is 836. The highest BCUT2D eigenvalue weighted by Gasteiger charge is 2.08. The topological polar surface area (TPSA) is 77.6 Å². The lowest BCUT2D eigenvalue weighted by Crippen LogP contribution is -2.20. The molecule has 1 N–H and O–H groups in total. The predicted octanol–water partition coefficient (Wildman–Crippen LogP) is 2.37. The lowest BCUT2D eigenvalue weighted by atomic mass is 10.4. The number of carbonyl (C=O) groups is 1. The van der Waals surface area contributed by atoms with Crippen LogP contribution in [0, 0.1) is 13.8 Å². The SMILES string of the molecule is Cc1cc(C)n(CC(=O)Nc2ccc(-n3cc(Cl)cn3)nc2)n1. The van der Waals surface area contributed by atoms with Gasteiger partial charge in [0, 0.05) is 5.69 Å². The van der Waals surface area contributed by atoms with Crippen LogP contribution in [0.2, 0.25) is 5.02 Å². The van der Waals surface area contributed by atoms with Crippen molar-refractivity contribution in [1.82, 2.24) is 24.5 Å². The second-order valence-corrected chi connectivity index (χ2v) is 5.58. The Morgan fingerprint density at radius 2 is 2.13 bits per heavy atom. The molecule has 7 nitrogen and oxygen atoms in total. The minimum Gasteiger partial charge on any atom is -0.323 e. The average molecular weight is 331 g/mol. The lowest BCUT2D eigenvalue weighted by Gasteiger charge is -2.07. The van der Waals surface area contributed by atoms with E-state index in [2.05, 4.69) is 20.5 Å². The van der Waals surface area contributed by atoms with E-state index in [9.17, 15) is 4.79 Å². The number of aryl methyl sites for hydroxylation is 2. The van der Waals surface area contributed by atoms with Crippen LogP contribution in [0.15, 0.2) is 36.8 Å². The first kappa shape index (κ1) is 15.2. The van der Waals surface area contributed by atoms with Gasteiger partial charge in [-0.3, -0.25) is 9.48 Å². The van der Waals surface area contributed by atoms with Crippen LogP contribution < -0.4 is 5.32 Å². The van der Waals surface area contributed by atoms with Gasteiger partial charge in [0.25, 0.3) is 0 Å². The molecule has 0 fully saturated rings. The molecule has 1 amide bonds. The predicted molar refractivity (Wildman–Crippen MR) is 86.7 cm³/mol. The van der Waals surface area contributed by atoms with Crippen LogP contribution in [0.1, 0.15) is 11.4 Å². The summed E-state index contributed by atoms with van der Waals surface area (Å²) in [6.07, 6.45) is 4.77. The summed E-state index contributed by atoms with van der Waals surface area (Å²) in [5.41, 5.74) is 2.44. The Morgan fingerprint density at radius 1 is 1.30 bits per heavy atom. The number of aromatic nitrogens is 5. The smallest absolute Gasteiger partial charge is 0.246 e. The van der Waals surface area contributed by atoms with Crippen LogP contribution in [0.5, 0.6) is 0 Å². The van der Waals surface area contributed by atoms with Crippen LogP contribution in [0.4, 0.5) is 5.69 Å². The first-order valence-corrected chi connectivity index (χ1v) is 7.36. The summed E-state index contributed by atoms with van der Waals surface area (Å²) in [7, 11) is 0. The number of nitrogens with one attached hydrogen (secondary N) is 1. The maximum absolute atomic E-state index is 12.1. The number of rotatable bonds is 4. The first-order valence-electron chi connectivity index (χ1n) is 6.99. The Balaban J connectivity index is 1.66. The van der Waals surface area contributed by atoms with Crippen LogP contribution in [0.25, 0.3) is 5.82 Å². The second-order valence-electron chi connectivity index (χ2n) is 5.14. The maximum atomic E-state index is 12.1. The fraction of sp³-hybridized carbons (Fsp3) is 0.200. The second kappa shape index (κ2) is 6.21. The fourth-order valence-corrected chi connectivity index (χ4v) is 2.33. The van der Waals surface area contributed by atoms with Gasteiger partial charge in [-0.1, -0.05) is 11.6 Å². The Labute approximate surface area is 137 Å². The molecule has 0 bridgehead atoms. The van der Waals surface area contributed by atoms with E-state index >= 15 is 0 Å². The number of amides is 1. The summed E-state index contributed by atoms with van der Waals surface area (Å²) < 4.78 is 3.22. The van der Waals surface area contributed by atoms with Gasteiger partial charge in [0.15, 0.2) is 5.82 Å². The van der Waals surface area contributed by atoms with E-state index in [0.717, 1.165) is 11.4 Å². The highest BCUT2D eigenvalue weighted by atomic mass is 35.5. The van der Waals surface area contributed by atoms with Crippen molar-refractivity contribution in [3.8, 4) is 5.82 Å². The van der Waals surface area contributed by atoms with Gasteiger partial charge in [-0.25, -0.2) is 9.67 Å². The molecule has 8 heteroatoms. The molecule has 23 heavy (non-hydrogen) atoms. The standard InChI is InChI=1S/C15H15ClN6O/c1-10-5-11(2)21(20-10)9-15(23)19-13-3-4-14(17-7-13)22-8-12(16)6-18-22/h3-8H,9H2,1-2H3,(H,19,23). The number of hydrogen-bond donors (Lipinski definition) is 1. The Morgan fingerprint density at radius 3 is 2.70 bits per heavy atom. The quantitative estimate of drug-likeness (QED) is 0.796. The van der Waals surface area contributed by atoms with Crippen LogP contribution in [-0.2, 0) is 11.3 Å². The van der Waals surface area contributed by atoms with Crippen molar-refractivity contribution in [3.05, 3.63) is 53.2 Å². The van der Waals surface area contributed by atoms with Crippen molar-refractivity contribution in [2.45, 2.75) is 20.4 Å². The molecule has 0 saturated heterocycles. The molecule has 0 aliphatic rings. The largest absolute Gasteiger partial charge is 0.323 e. The molecule has 3 aromatic rings. The van der Waals surface area contributed by atoms with Crippen LogP contribution >= 0.6 is 11.6 Å². The molecule has 3 heterocycles. The van der Waals surface area contributed by atoms with E-state index < -0.39 is 0 Å². The molecule has 3 rings (SSSR count). The van der Waals surface area contributed by atoms with E-state index in [1.165, 1.54) is 6.20 Å².